The maximum atomic E-state index is 10.5. The number of anilines is 2. The molecular weight excluding hydrogens is 226 g/mol. The average molecular weight is 249 g/mol. The third kappa shape index (κ3) is 3.35. The van der Waals surface area contributed by atoms with Crippen LogP contribution in [0.5, 0.6) is 0 Å². The highest BCUT2D eigenvalue weighted by Crippen LogP contribution is 2.27. The van der Waals surface area contributed by atoms with Crippen LogP contribution in [0, 0.1) is 6.92 Å². The molecule has 0 radical (unpaired) electrons. The van der Waals surface area contributed by atoms with Crippen molar-refractivity contribution in [3.8, 4) is 0 Å². The first-order valence-corrected chi connectivity index (χ1v) is 6.77. The van der Waals surface area contributed by atoms with Crippen LogP contribution >= 0.6 is 0 Å². The SMILES string of the molecule is Cc1cnc(NCC2(O)CCCCCC2)cc1N. The van der Waals surface area contributed by atoms with Gasteiger partial charge in [0.05, 0.1) is 5.60 Å². The summed E-state index contributed by atoms with van der Waals surface area (Å²) in [6.07, 6.45) is 8.21. The summed E-state index contributed by atoms with van der Waals surface area (Å²) in [5.74, 6) is 0.746. The van der Waals surface area contributed by atoms with Gasteiger partial charge in [-0.3, -0.25) is 0 Å². The Hall–Kier alpha value is -1.29. The minimum Gasteiger partial charge on any atom is -0.398 e. The van der Waals surface area contributed by atoms with Gasteiger partial charge < -0.3 is 16.2 Å². The lowest BCUT2D eigenvalue weighted by atomic mass is 9.94. The molecule has 4 nitrogen and oxygen atoms in total. The van der Waals surface area contributed by atoms with E-state index in [1.165, 1.54) is 12.8 Å². The largest absolute Gasteiger partial charge is 0.398 e. The van der Waals surface area contributed by atoms with Gasteiger partial charge in [-0.05, 0) is 25.3 Å². The minimum atomic E-state index is -0.585. The molecule has 100 valence electrons. The Kier molecular flexibility index (Phi) is 4.07. The fraction of sp³-hybridized carbons (Fsp3) is 0.643. The van der Waals surface area contributed by atoms with Crippen molar-refractivity contribution in [2.24, 2.45) is 0 Å². The molecule has 1 heterocycles. The van der Waals surface area contributed by atoms with Gasteiger partial charge in [0.25, 0.3) is 0 Å². The van der Waals surface area contributed by atoms with Crippen molar-refractivity contribution in [3.63, 3.8) is 0 Å². The number of hydrogen-bond donors (Lipinski definition) is 3. The summed E-state index contributed by atoms with van der Waals surface area (Å²) >= 11 is 0. The second-order valence-electron chi connectivity index (χ2n) is 5.42. The van der Waals surface area contributed by atoms with Gasteiger partial charge in [0.2, 0.25) is 0 Å². The monoisotopic (exact) mass is 249 g/mol. The van der Waals surface area contributed by atoms with E-state index in [0.29, 0.717) is 6.54 Å². The van der Waals surface area contributed by atoms with Crippen LogP contribution in [0.3, 0.4) is 0 Å². The van der Waals surface area contributed by atoms with E-state index in [1.54, 1.807) is 6.20 Å². The standard InChI is InChI=1S/C14H23N3O/c1-11-9-16-13(8-12(11)15)17-10-14(18)6-4-2-3-5-7-14/h8-9,18H,2-7,10H2,1H3,(H3,15,16,17). The van der Waals surface area contributed by atoms with E-state index in [4.69, 9.17) is 5.73 Å². The molecule has 0 atom stereocenters. The number of rotatable bonds is 3. The fourth-order valence-corrected chi connectivity index (χ4v) is 2.45. The number of aliphatic hydroxyl groups is 1. The summed E-state index contributed by atoms with van der Waals surface area (Å²) in [6, 6.07) is 1.83. The van der Waals surface area contributed by atoms with Crippen LogP contribution in [0.1, 0.15) is 44.1 Å². The molecule has 0 amide bonds. The maximum absolute atomic E-state index is 10.5. The molecule has 1 aromatic rings. The number of nitrogens with two attached hydrogens (primary N) is 1. The molecule has 1 aromatic heterocycles. The van der Waals surface area contributed by atoms with E-state index in [0.717, 1.165) is 42.8 Å². The molecule has 0 saturated heterocycles. The van der Waals surface area contributed by atoms with Crippen LogP contribution in [-0.4, -0.2) is 22.2 Å². The molecule has 0 unspecified atom stereocenters. The van der Waals surface area contributed by atoms with Crippen molar-refractivity contribution in [1.82, 2.24) is 4.98 Å². The molecule has 0 spiro atoms. The average Bonchev–Trinajstić information content (AvgIpc) is 2.56. The molecular formula is C14H23N3O. The lowest BCUT2D eigenvalue weighted by Crippen LogP contribution is -2.36. The summed E-state index contributed by atoms with van der Waals surface area (Å²) in [4.78, 5) is 4.28. The van der Waals surface area contributed by atoms with Crippen LogP contribution < -0.4 is 11.1 Å². The molecule has 0 aliphatic heterocycles. The van der Waals surface area contributed by atoms with Crippen LogP contribution in [0.2, 0.25) is 0 Å². The normalized spacial score (nSPS) is 19.2. The second kappa shape index (κ2) is 5.57. The quantitative estimate of drug-likeness (QED) is 0.720. The van der Waals surface area contributed by atoms with E-state index in [2.05, 4.69) is 10.3 Å². The van der Waals surface area contributed by atoms with Crippen molar-refractivity contribution in [2.45, 2.75) is 51.0 Å². The first-order chi connectivity index (χ1) is 8.59. The molecule has 1 saturated carbocycles. The molecule has 1 fully saturated rings. The number of pyridine rings is 1. The van der Waals surface area contributed by atoms with Crippen LogP contribution in [0.25, 0.3) is 0 Å². The number of nitrogen functional groups attached to an aromatic ring is 1. The summed E-state index contributed by atoms with van der Waals surface area (Å²) in [6.45, 7) is 2.49. The number of nitrogens with one attached hydrogen (secondary N) is 1. The van der Waals surface area contributed by atoms with Gasteiger partial charge in [-0.1, -0.05) is 25.7 Å². The molecule has 1 aliphatic carbocycles. The van der Waals surface area contributed by atoms with Crippen molar-refractivity contribution in [1.29, 1.82) is 0 Å². The first-order valence-electron chi connectivity index (χ1n) is 6.77. The molecule has 0 aromatic carbocycles. The molecule has 1 aliphatic rings. The number of aryl methyl sites for hydroxylation is 1. The van der Waals surface area contributed by atoms with Gasteiger partial charge in [0.1, 0.15) is 5.82 Å². The zero-order chi connectivity index (χ0) is 13.0. The molecule has 4 heteroatoms. The Bertz CT molecular complexity index is 398. The van der Waals surface area contributed by atoms with Crippen LogP contribution in [0.15, 0.2) is 12.3 Å². The summed E-state index contributed by atoms with van der Waals surface area (Å²) < 4.78 is 0. The predicted octanol–water partition coefficient (Wildman–Crippen LogP) is 2.47. The Morgan fingerprint density at radius 1 is 1.33 bits per heavy atom. The summed E-state index contributed by atoms with van der Waals surface area (Å²) in [7, 11) is 0. The smallest absolute Gasteiger partial charge is 0.128 e. The lowest BCUT2D eigenvalue weighted by Gasteiger charge is -2.27. The van der Waals surface area contributed by atoms with Crippen LogP contribution in [0.4, 0.5) is 11.5 Å². The van der Waals surface area contributed by atoms with Crippen molar-refractivity contribution in [2.75, 3.05) is 17.6 Å². The third-order valence-electron chi connectivity index (χ3n) is 3.78. The van der Waals surface area contributed by atoms with E-state index >= 15 is 0 Å². The highest BCUT2D eigenvalue weighted by Gasteiger charge is 2.27. The highest BCUT2D eigenvalue weighted by atomic mass is 16.3. The van der Waals surface area contributed by atoms with Crippen LogP contribution in [-0.2, 0) is 0 Å². The van der Waals surface area contributed by atoms with Crippen molar-refractivity contribution < 1.29 is 5.11 Å². The van der Waals surface area contributed by atoms with E-state index in [9.17, 15) is 5.11 Å². The van der Waals surface area contributed by atoms with Crippen molar-refractivity contribution in [3.05, 3.63) is 17.8 Å². The van der Waals surface area contributed by atoms with Gasteiger partial charge in [0, 0.05) is 24.5 Å². The Balaban J connectivity index is 1.95. The van der Waals surface area contributed by atoms with E-state index in [1.807, 2.05) is 13.0 Å². The molecule has 0 bridgehead atoms. The predicted molar refractivity (Wildman–Crippen MR) is 74.5 cm³/mol. The fourth-order valence-electron chi connectivity index (χ4n) is 2.45. The minimum absolute atomic E-state index is 0.558. The number of hydrogen-bond acceptors (Lipinski definition) is 4. The zero-order valence-corrected chi connectivity index (χ0v) is 11.1. The third-order valence-corrected chi connectivity index (χ3v) is 3.78. The summed E-state index contributed by atoms with van der Waals surface area (Å²) in [5, 5.41) is 13.7. The Labute approximate surface area is 109 Å². The molecule has 18 heavy (non-hydrogen) atoms. The highest BCUT2D eigenvalue weighted by molar-refractivity contribution is 5.53. The lowest BCUT2D eigenvalue weighted by molar-refractivity contribution is 0.0380. The second-order valence-corrected chi connectivity index (χ2v) is 5.42. The molecule has 4 N–H and O–H groups in total. The zero-order valence-electron chi connectivity index (χ0n) is 11.1. The Morgan fingerprint density at radius 2 is 2.00 bits per heavy atom. The van der Waals surface area contributed by atoms with Gasteiger partial charge in [-0.2, -0.15) is 0 Å². The van der Waals surface area contributed by atoms with Gasteiger partial charge in [-0.25, -0.2) is 4.98 Å². The molecule has 2 rings (SSSR count). The maximum Gasteiger partial charge on any atom is 0.128 e. The van der Waals surface area contributed by atoms with E-state index < -0.39 is 5.60 Å². The number of nitrogens with zero attached hydrogens (tertiary/aromatic N) is 1. The summed E-state index contributed by atoms with van der Waals surface area (Å²) in [5.41, 5.74) is 6.98. The van der Waals surface area contributed by atoms with Gasteiger partial charge >= 0.3 is 0 Å². The van der Waals surface area contributed by atoms with Crippen molar-refractivity contribution >= 4 is 11.5 Å². The number of aromatic nitrogens is 1. The van der Waals surface area contributed by atoms with E-state index in [-0.39, 0.29) is 0 Å². The topological polar surface area (TPSA) is 71.2 Å². The van der Waals surface area contributed by atoms with Gasteiger partial charge in [-0.15, -0.1) is 0 Å². The first kappa shape index (κ1) is 13.1. The Morgan fingerprint density at radius 3 is 2.61 bits per heavy atom. The van der Waals surface area contributed by atoms with Gasteiger partial charge in [0.15, 0.2) is 0 Å².